The summed E-state index contributed by atoms with van der Waals surface area (Å²) < 4.78 is 11.4. The molecule has 1 aliphatic rings. The number of hydrogen-bond acceptors (Lipinski definition) is 4. The lowest BCUT2D eigenvalue weighted by atomic mass is 9.85. The molecule has 0 radical (unpaired) electrons. The maximum absolute atomic E-state index is 13.6. The number of amides is 1. The molecule has 0 saturated carbocycles. The zero-order chi connectivity index (χ0) is 22.3. The third-order valence-electron chi connectivity index (χ3n) is 5.40. The van der Waals surface area contributed by atoms with Crippen molar-refractivity contribution in [3.8, 4) is 11.5 Å². The van der Waals surface area contributed by atoms with Crippen molar-refractivity contribution in [1.82, 2.24) is 10.2 Å². The molecule has 6 heteroatoms. The highest BCUT2D eigenvalue weighted by molar-refractivity contribution is 6.10. The third-order valence-corrected chi connectivity index (χ3v) is 5.40. The highest BCUT2D eigenvalue weighted by Crippen LogP contribution is 2.47. The van der Waals surface area contributed by atoms with Crippen LogP contribution in [0.4, 0.5) is 5.69 Å². The summed E-state index contributed by atoms with van der Waals surface area (Å²) in [5.74, 6) is 1.40. The number of carbonyl (C=O) groups is 1. The smallest absolute Gasteiger partial charge is 0.277 e. The third kappa shape index (κ3) is 3.67. The van der Waals surface area contributed by atoms with Crippen LogP contribution >= 0.6 is 0 Å². The Kier molecular flexibility index (Phi) is 5.25. The number of anilines is 1. The molecule has 1 N–H and O–H groups in total. The van der Waals surface area contributed by atoms with Crippen LogP contribution in [0.1, 0.15) is 68.0 Å². The molecular weight excluding hydrogens is 390 g/mol. The number of rotatable bonds is 5. The lowest BCUT2D eigenvalue weighted by molar-refractivity contribution is 0.0988. The van der Waals surface area contributed by atoms with Gasteiger partial charge in [-0.1, -0.05) is 39.0 Å². The van der Waals surface area contributed by atoms with E-state index in [4.69, 9.17) is 9.47 Å². The highest BCUT2D eigenvalue weighted by Gasteiger charge is 2.45. The fraction of sp³-hybridized carbons (Fsp3) is 0.360. The van der Waals surface area contributed by atoms with Gasteiger partial charge in [-0.15, -0.1) is 0 Å². The Balaban J connectivity index is 1.88. The van der Waals surface area contributed by atoms with Gasteiger partial charge in [0.25, 0.3) is 5.91 Å². The molecular formula is C25H29N3O3. The van der Waals surface area contributed by atoms with Crippen LogP contribution in [0.5, 0.6) is 11.5 Å². The summed E-state index contributed by atoms with van der Waals surface area (Å²) in [6, 6.07) is 15.1. The van der Waals surface area contributed by atoms with Gasteiger partial charge in [-0.05, 0) is 44.2 Å². The number of hydrogen-bond donors (Lipinski definition) is 1. The standard InChI is InChI=1S/C25H29N3O3/c1-15(2)31-17-13-11-16(12-14-17)28-22(18-9-7-8-10-19(18)30-6)20-21(24(28)29)26-27-23(20)25(3,4)5/h7-15,22H,1-6H3,(H,26,27). The predicted octanol–water partition coefficient (Wildman–Crippen LogP) is 5.25. The number of benzene rings is 2. The van der Waals surface area contributed by atoms with Crippen molar-refractivity contribution < 1.29 is 14.3 Å². The molecule has 162 valence electrons. The Bertz CT molecular complexity index is 1090. The van der Waals surface area contributed by atoms with E-state index in [0.717, 1.165) is 34.0 Å². The molecule has 1 amide bonds. The van der Waals surface area contributed by atoms with Crippen molar-refractivity contribution in [2.75, 3.05) is 12.0 Å². The summed E-state index contributed by atoms with van der Waals surface area (Å²) in [4.78, 5) is 15.4. The van der Waals surface area contributed by atoms with Crippen molar-refractivity contribution in [1.29, 1.82) is 0 Å². The van der Waals surface area contributed by atoms with Crippen LogP contribution in [-0.4, -0.2) is 29.3 Å². The molecule has 0 saturated heterocycles. The molecule has 1 aromatic heterocycles. The maximum atomic E-state index is 13.6. The fourth-order valence-corrected chi connectivity index (χ4v) is 4.13. The van der Waals surface area contributed by atoms with E-state index in [1.807, 2.05) is 67.3 Å². The zero-order valence-corrected chi connectivity index (χ0v) is 18.9. The summed E-state index contributed by atoms with van der Waals surface area (Å²) in [7, 11) is 1.65. The van der Waals surface area contributed by atoms with Crippen LogP contribution in [0, 0.1) is 0 Å². The molecule has 0 fully saturated rings. The number of aromatic amines is 1. The number of para-hydroxylation sites is 1. The van der Waals surface area contributed by atoms with E-state index in [1.165, 1.54) is 0 Å². The Morgan fingerprint density at radius 1 is 1.06 bits per heavy atom. The van der Waals surface area contributed by atoms with Crippen LogP contribution in [0.2, 0.25) is 0 Å². The molecule has 6 nitrogen and oxygen atoms in total. The Morgan fingerprint density at radius 2 is 1.74 bits per heavy atom. The number of methoxy groups -OCH3 is 1. The second-order valence-corrected chi connectivity index (χ2v) is 9.09. The van der Waals surface area contributed by atoms with Gasteiger partial charge in [0, 0.05) is 22.2 Å². The fourth-order valence-electron chi connectivity index (χ4n) is 4.13. The largest absolute Gasteiger partial charge is 0.496 e. The monoisotopic (exact) mass is 419 g/mol. The van der Waals surface area contributed by atoms with Gasteiger partial charge >= 0.3 is 0 Å². The number of aromatic nitrogens is 2. The summed E-state index contributed by atoms with van der Waals surface area (Å²) in [5, 5.41) is 7.54. The molecule has 4 rings (SSSR count). The van der Waals surface area contributed by atoms with Crippen LogP contribution < -0.4 is 14.4 Å². The minimum atomic E-state index is -0.344. The molecule has 1 aliphatic heterocycles. The molecule has 1 atom stereocenters. The molecule has 1 unspecified atom stereocenters. The number of ether oxygens (including phenoxy) is 2. The Morgan fingerprint density at radius 3 is 2.35 bits per heavy atom. The summed E-state index contributed by atoms with van der Waals surface area (Å²) in [6.07, 6.45) is 0.0841. The number of nitrogens with zero attached hydrogens (tertiary/aromatic N) is 2. The SMILES string of the molecule is COc1ccccc1C1c2c(C(C)(C)C)n[nH]c2C(=O)N1c1ccc(OC(C)C)cc1. The Labute approximate surface area is 183 Å². The van der Waals surface area contributed by atoms with Gasteiger partial charge in [-0.3, -0.25) is 14.8 Å². The highest BCUT2D eigenvalue weighted by atomic mass is 16.5. The van der Waals surface area contributed by atoms with E-state index in [1.54, 1.807) is 7.11 Å². The van der Waals surface area contributed by atoms with E-state index in [9.17, 15) is 4.79 Å². The van der Waals surface area contributed by atoms with Gasteiger partial charge in [-0.25, -0.2) is 0 Å². The van der Waals surface area contributed by atoms with Gasteiger partial charge in [-0.2, -0.15) is 5.10 Å². The van der Waals surface area contributed by atoms with Crippen molar-refractivity contribution in [2.24, 2.45) is 0 Å². The summed E-state index contributed by atoms with van der Waals surface area (Å²) in [5.41, 5.74) is 3.81. The van der Waals surface area contributed by atoms with Gasteiger partial charge in [0.2, 0.25) is 0 Å². The van der Waals surface area contributed by atoms with Crippen LogP contribution in [-0.2, 0) is 5.41 Å². The van der Waals surface area contributed by atoms with E-state index in [0.29, 0.717) is 5.69 Å². The van der Waals surface area contributed by atoms with Crippen molar-refractivity contribution in [2.45, 2.75) is 52.2 Å². The Hall–Kier alpha value is -3.28. The van der Waals surface area contributed by atoms with E-state index >= 15 is 0 Å². The van der Waals surface area contributed by atoms with Gasteiger partial charge < -0.3 is 9.47 Å². The number of carbonyl (C=O) groups excluding carboxylic acids is 1. The topological polar surface area (TPSA) is 67.5 Å². The number of fused-ring (bicyclic) bond motifs is 1. The van der Waals surface area contributed by atoms with Crippen LogP contribution in [0.3, 0.4) is 0 Å². The first-order valence-corrected chi connectivity index (χ1v) is 10.5. The molecule has 0 aliphatic carbocycles. The normalized spacial score (nSPS) is 16.0. The average Bonchev–Trinajstić information content (AvgIpc) is 3.27. The minimum absolute atomic E-state index is 0.0841. The van der Waals surface area contributed by atoms with Crippen molar-refractivity contribution >= 4 is 11.6 Å². The first-order valence-electron chi connectivity index (χ1n) is 10.5. The molecule has 2 heterocycles. The molecule has 2 aromatic carbocycles. The molecule has 0 spiro atoms. The summed E-state index contributed by atoms with van der Waals surface area (Å²) in [6.45, 7) is 10.3. The van der Waals surface area contributed by atoms with Gasteiger partial charge in [0.15, 0.2) is 0 Å². The molecule has 0 bridgehead atoms. The number of nitrogens with one attached hydrogen (secondary N) is 1. The quantitative estimate of drug-likeness (QED) is 0.613. The minimum Gasteiger partial charge on any atom is -0.496 e. The predicted molar refractivity (Wildman–Crippen MR) is 121 cm³/mol. The summed E-state index contributed by atoms with van der Waals surface area (Å²) >= 11 is 0. The lowest BCUT2D eigenvalue weighted by Gasteiger charge is -2.29. The van der Waals surface area contributed by atoms with E-state index < -0.39 is 0 Å². The zero-order valence-electron chi connectivity index (χ0n) is 18.9. The number of H-pyrrole nitrogens is 1. The van der Waals surface area contributed by atoms with E-state index in [2.05, 4.69) is 31.0 Å². The van der Waals surface area contributed by atoms with Crippen LogP contribution in [0.25, 0.3) is 0 Å². The van der Waals surface area contributed by atoms with Gasteiger partial charge in [0.1, 0.15) is 17.2 Å². The maximum Gasteiger partial charge on any atom is 0.277 e. The van der Waals surface area contributed by atoms with E-state index in [-0.39, 0.29) is 23.5 Å². The van der Waals surface area contributed by atoms with Gasteiger partial charge in [0.05, 0.1) is 24.9 Å². The lowest BCUT2D eigenvalue weighted by Crippen LogP contribution is -2.30. The first kappa shape index (κ1) is 21.0. The average molecular weight is 420 g/mol. The van der Waals surface area contributed by atoms with Crippen molar-refractivity contribution in [3.05, 3.63) is 71.0 Å². The first-order chi connectivity index (χ1) is 14.7. The molecule has 31 heavy (non-hydrogen) atoms. The molecule has 3 aromatic rings. The second kappa shape index (κ2) is 7.76. The second-order valence-electron chi connectivity index (χ2n) is 9.09. The van der Waals surface area contributed by atoms with Crippen molar-refractivity contribution in [3.63, 3.8) is 0 Å². The van der Waals surface area contributed by atoms with Crippen LogP contribution in [0.15, 0.2) is 48.5 Å².